The third kappa shape index (κ3) is 9.36. The van der Waals surface area contributed by atoms with Gasteiger partial charge in [-0.15, -0.1) is 0 Å². The number of hydrogen-bond donors (Lipinski definition) is 1. The average molecular weight is 282 g/mol. The number of esters is 1. The molecule has 1 aliphatic rings. The lowest BCUT2D eigenvalue weighted by Gasteiger charge is -2.20. The first kappa shape index (κ1) is 18.4. The first-order chi connectivity index (χ1) is 9.51. The van der Waals surface area contributed by atoms with Gasteiger partial charge in [-0.2, -0.15) is 0 Å². The molecule has 20 heavy (non-hydrogen) atoms. The summed E-state index contributed by atoms with van der Waals surface area (Å²) < 4.78 is 5.08. The summed E-state index contributed by atoms with van der Waals surface area (Å²) in [7, 11) is 0. The minimum atomic E-state index is -0.872. The number of carboxylic acid groups (broad SMARTS) is 1. The molecule has 0 aliphatic heterocycles. The van der Waals surface area contributed by atoms with Gasteiger partial charge in [0.1, 0.15) is 6.10 Å². The summed E-state index contributed by atoms with van der Waals surface area (Å²) in [5.74, 6) is -1.15. The highest BCUT2D eigenvalue weighted by Crippen LogP contribution is 2.20. The highest BCUT2D eigenvalue weighted by Gasteiger charge is 2.15. The molecule has 1 fully saturated rings. The number of rotatable bonds is 6. The molecule has 0 atom stereocenters. The molecule has 0 bridgehead atoms. The van der Waals surface area contributed by atoms with Crippen LogP contribution >= 0.6 is 0 Å². The van der Waals surface area contributed by atoms with Crippen molar-refractivity contribution < 1.29 is 19.4 Å². The molecule has 1 N–H and O–H groups in total. The molecule has 0 saturated heterocycles. The van der Waals surface area contributed by atoms with Crippen molar-refractivity contribution in [1.29, 1.82) is 0 Å². The van der Waals surface area contributed by atoms with Crippen LogP contribution in [0.2, 0.25) is 0 Å². The van der Waals surface area contributed by atoms with E-state index in [1.807, 2.05) is 6.92 Å². The van der Waals surface area contributed by atoms with Crippen LogP contribution in [0, 0.1) is 0 Å². The lowest BCUT2D eigenvalue weighted by Crippen LogP contribution is -2.19. The molecule has 0 amide bonds. The Morgan fingerprint density at radius 3 is 2.35 bits per heavy atom. The first-order valence-corrected chi connectivity index (χ1v) is 7.25. The molecule has 0 unspecified atom stereocenters. The van der Waals surface area contributed by atoms with Crippen molar-refractivity contribution in [2.45, 2.75) is 64.4 Å². The molecule has 0 aromatic heterocycles. The van der Waals surface area contributed by atoms with Crippen LogP contribution in [0.25, 0.3) is 0 Å². The van der Waals surface area contributed by atoms with Crippen LogP contribution in [-0.4, -0.2) is 23.1 Å². The molecule has 1 aliphatic carbocycles. The molecular weight excluding hydrogens is 256 g/mol. The standard InChI is InChI=1S/C9H14O2.C7H12O2/c1-2-9(10)11-8-6-4-3-5-7-8;1-3-4-5-6(2)7(8)9/h2,8H,1,3-7H2;2-5H2,1H3,(H,8,9). The number of carboxylic acids is 1. The van der Waals surface area contributed by atoms with Gasteiger partial charge < -0.3 is 9.84 Å². The van der Waals surface area contributed by atoms with Crippen LogP contribution in [0.15, 0.2) is 24.8 Å². The minimum absolute atomic E-state index is 0.161. The Bertz CT molecular complexity index is 327. The highest BCUT2D eigenvalue weighted by atomic mass is 16.5. The quantitative estimate of drug-likeness (QED) is 0.593. The largest absolute Gasteiger partial charge is 0.478 e. The maximum atomic E-state index is 10.7. The van der Waals surface area contributed by atoms with Gasteiger partial charge in [0.15, 0.2) is 0 Å². The zero-order valence-electron chi connectivity index (χ0n) is 12.4. The minimum Gasteiger partial charge on any atom is -0.478 e. The van der Waals surface area contributed by atoms with Gasteiger partial charge in [0.05, 0.1) is 0 Å². The molecule has 1 rings (SSSR count). The Labute approximate surface area is 121 Å². The van der Waals surface area contributed by atoms with Gasteiger partial charge in [-0.3, -0.25) is 0 Å². The van der Waals surface area contributed by atoms with Crippen molar-refractivity contribution in [2.24, 2.45) is 0 Å². The summed E-state index contributed by atoms with van der Waals surface area (Å²) in [6.45, 7) is 8.77. The first-order valence-electron chi connectivity index (χ1n) is 7.25. The number of carbonyl (C=O) groups excluding carboxylic acids is 1. The molecule has 4 heteroatoms. The maximum Gasteiger partial charge on any atom is 0.330 e. The lowest BCUT2D eigenvalue weighted by molar-refractivity contribution is -0.144. The molecule has 114 valence electrons. The summed E-state index contributed by atoms with van der Waals surface area (Å²) in [5.41, 5.74) is 0.317. The fourth-order valence-electron chi connectivity index (χ4n) is 1.89. The maximum absolute atomic E-state index is 10.7. The Balaban J connectivity index is 0.000000370. The van der Waals surface area contributed by atoms with Gasteiger partial charge in [0.2, 0.25) is 0 Å². The second kappa shape index (κ2) is 11.3. The topological polar surface area (TPSA) is 63.6 Å². The molecular formula is C16H26O4. The highest BCUT2D eigenvalue weighted by molar-refractivity contribution is 5.85. The van der Waals surface area contributed by atoms with Crippen molar-refractivity contribution in [2.75, 3.05) is 0 Å². The van der Waals surface area contributed by atoms with Crippen LogP contribution in [0.5, 0.6) is 0 Å². The molecule has 0 aromatic carbocycles. The summed E-state index contributed by atoms with van der Waals surface area (Å²) >= 11 is 0. The number of aliphatic carboxylic acids is 1. The van der Waals surface area contributed by atoms with Gasteiger partial charge in [-0.25, -0.2) is 9.59 Å². The molecule has 0 radical (unpaired) electrons. The van der Waals surface area contributed by atoms with Crippen molar-refractivity contribution in [1.82, 2.24) is 0 Å². The fourth-order valence-corrected chi connectivity index (χ4v) is 1.89. The Kier molecular flexibility index (Phi) is 10.4. The van der Waals surface area contributed by atoms with Crippen LogP contribution in [0.4, 0.5) is 0 Å². The second-order valence-corrected chi connectivity index (χ2v) is 4.91. The second-order valence-electron chi connectivity index (χ2n) is 4.91. The average Bonchev–Trinajstić information content (AvgIpc) is 2.46. The zero-order chi connectivity index (χ0) is 15.4. The van der Waals surface area contributed by atoms with Gasteiger partial charge in [0.25, 0.3) is 0 Å². The summed E-state index contributed by atoms with van der Waals surface area (Å²) in [4.78, 5) is 20.8. The monoisotopic (exact) mass is 282 g/mol. The summed E-state index contributed by atoms with van der Waals surface area (Å²) in [6, 6.07) is 0. The molecule has 0 aromatic rings. The molecule has 1 saturated carbocycles. The molecule has 4 nitrogen and oxygen atoms in total. The van der Waals surface area contributed by atoms with E-state index in [0.29, 0.717) is 12.0 Å². The summed E-state index contributed by atoms with van der Waals surface area (Å²) in [6.07, 6.45) is 9.66. The lowest BCUT2D eigenvalue weighted by atomic mass is 9.98. The zero-order valence-corrected chi connectivity index (χ0v) is 12.4. The van der Waals surface area contributed by atoms with E-state index in [9.17, 15) is 9.59 Å². The predicted molar refractivity (Wildman–Crippen MR) is 79.5 cm³/mol. The number of unbranched alkanes of at least 4 members (excludes halogenated alkanes) is 1. The predicted octanol–water partition coefficient (Wildman–Crippen LogP) is 3.87. The van der Waals surface area contributed by atoms with Crippen molar-refractivity contribution in [3.8, 4) is 0 Å². The Morgan fingerprint density at radius 2 is 1.90 bits per heavy atom. The van der Waals surface area contributed by atoms with E-state index in [1.165, 1.54) is 25.3 Å². The van der Waals surface area contributed by atoms with Gasteiger partial charge in [0, 0.05) is 11.6 Å². The smallest absolute Gasteiger partial charge is 0.330 e. The molecule has 0 spiro atoms. The Hall–Kier alpha value is -1.58. The third-order valence-corrected chi connectivity index (χ3v) is 3.14. The van der Waals surface area contributed by atoms with Gasteiger partial charge in [-0.05, 0) is 38.5 Å². The SMILES string of the molecule is C=C(CCCC)C(=O)O.C=CC(=O)OC1CCCCC1. The van der Waals surface area contributed by atoms with Gasteiger partial charge in [-0.1, -0.05) is 32.9 Å². The normalized spacial score (nSPS) is 14.7. The number of hydrogen-bond acceptors (Lipinski definition) is 3. The number of carbonyl (C=O) groups is 2. The van der Waals surface area contributed by atoms with Crippen molar-refractivity contribution >= 4 is 11.9 Å². The van der Waals surface area contributed by atoms with Crippen LogP contribution < -0.4 is 0 Å². The third-order valence-electron chi connectivity index (χ3n) is 3.14. The fraction of sp³-hybridized carbons (Fsp3) is 0.625. The molecule has 0 heterocycles. The van der Waals surface area contributed by atoms with E-state index in [1.54, 1.807) is 0 Å². The van der Waals surface area contributed by atoms with Crippen LogP contribution in [0.3, 0.4) is 0 Å². The van der Waals surface area contributed by atoms with Crippen LogP contribution in [0.1, 0.15) is 58.3 Å². The van der Waals surface area contributed by atoms with E-state index < -0.39 is 5.97 Å². The van der Waals surface area contributed by atoms with E-state index >= 15 is 0 Å². The van der Waals surface area contributed by atoms with Crippen LogP contribution in [-0.2, 0) is 14.3 Å². The van der Waals surface area contributed by atoms with E-state index in [4.69, 9.17) is 9.84 Å². The van der Waals surface area contributed by atoms with E-state index in [-0.39, 0.29) is 12.1 Å². The van der Waals surface area contributed by atoms with Crippen molar-refractivity contribution in [3.63, 3.8) is 0 Å². The van der Waals surface area contributed by atoms with Crippen molar-refractivity contribution in [3.05, 3.63) is 24.8 Å². The van der Waals surface area contributed by atoms with Gasteiger partial charge >= 0.3 is 11.9 Å². The Morgan fingerprint density at radius 1 is 1.30 bits per heavy atom. The number of ether oxygens (including phenoxy) is 1. The van der Waals surface area contributed by atoms with E-state index in [2.05, 4.69) is 13.2 Å². The summed E-state index contributed by atoms with van der Waals surface area (Å²) in [5, 5.41) is 8.31. The van der Waals surface area contributed by atoms with E-state index in [0.717, 1.165) is 25.7 Å².